The van der Waals surface area contributed by atoms with Crippen molar-refractivity contribution < 1.29 is 23.9 Å². The van der Waals surface area contributed by atoms with E-state index >= 15 is 0 Å². The van der Waals surface area contributed by atoms with Crippen LogP contribution in [0.1, 0.15) is 26.3 Å². The van der Waals surface area contributed by atoms with Gasteiger partial charge in [-0.2, -0.15) is 5.10 Å². The molecule has 40 heavy (non-hydrogen) atoms. The van der Waals surface area contributed by atoms with Crippen molar-refractivity contribution in [2.45, 2.75) is 0 Å². The lowest BCUT2D eigenvalue weighted by Crippen LogP contribution is -2.33. The Hall–Kier alpha value is -4.55. The third-order valence-corrected chi connectivity index (χ3v) is 6.48. The summed E-state index contributed by atoms with van der Waals surface area (Å²) in [6, 6.07) is 26.3. The monoisotopic (exact) mass is 666 g/mol. The van der Waals surface area contributed by atoms with Crippen molar-refractivity contribution in [1.29, 1.82) is 0 Å². The number of carbonyl (C=O) groups excluding carboxylic acids is 4. The third-order valence-electron chi connectivity index (χ3n) is 5.29. The van der Waals surface area contributed by atoms with Gasteiger partial charge in [0.1, 0.15) is 5.75 Å². The van der Waals surface area contributed by atoms with Crippen molar-refractivity contribution in [2.75, 3.05) is 10.6 Å². The first kappa shape index (κ1) is 28.5. The number of amides is 3. The van der Waals surface area contributed by atoms with Gasteiger partial charge in [-0.3, -0.25) is 14.4 Å². The molecule has 0 unspecified atom stereocenters. The summed E-state index contributed by atoms with van der Waals surface area (Å²) in [7, 11) is 0. The van der Waals surface area contributed by atoms with E-state index in [0.717, 1.165) is 3.57 Å². The molecule has 0 saturated heterocycles. The van der Waals surface area contributed by atoms with E-state index < -0.39 is 23.7 Å². The van der Waals surface area contributed by atoms with E-state index in [4.69, 9.17) is 16.3 Å². The van der Waals surface area contributed by atoms with E-state index in [1.165, 1.54) is 18.3 Å². The number of hydrogen-bond acceptors (Lipinski definition) is 6. The smallest absolute Gasteiger partial charge is 0.344 e. The Kier molecular flexibility index (Phi) is 9.60. The number of carbonyl (C=O) groups is 4. The molecular weight excluding hydrogens is 647 g/mol. The van der Waals surface area contributed by atoms with Crippen LogP contribution in [0, 0.1) is 3.57 Å². The zero-order chi connectivity index (χ0) is 28.5. The van der Waals surface area contributed by atoms with Crippen LogP contribution in [0.3, 0.4) is 0 Å². The number of esters is 1. The predicted molar refractivity (Wildman–Crippen MR) is 161 cm³/mol. The summed E-state index contributed by atoms with van der Waals surface area (Å²) >= 11 is 7.93. The summed E-state index contributed by atoms with van der Waals surface area (Å²) < 4.78 is 6.16. The van der Waals surface area contributed by atoms with Crippen molar-refractivity contribution in [3.8, 4) is 5.75 Å². The van der Waals surface area contributed by atoms with Gasteiger partial charge in [0.15, 0.2) is 0 Å². The molecule has 9 nitrogen and oxygen atoms in total. The number of nitrogens with one attached hydrogen (secondary N) is 3. The minimum Gasteiger partial charge on any atom is -0.423 e. The van der Waals surface area contributed by atoms with Gasteiger partial charge in [-0.15, -0.1) is 0 Å². The zero-order valence-electron chi connectivity index (χ0n) is 20.6. The van der Waals surface area contributed by atoms with Crippen LogP contribution >= 0.6 is 34.2 Å². The van der Waals surface area contributed by atoms with E-state index in [1.807, 2.05) is 12.1 Å². The molecule has 0 bridgehead atoms. The van der Waals surface area contributed by atoms with E-state index in [9.17, 15) is 19.2 Å². The molecule has 0 aliphatic rings. The quantitative estimate of drug-likeness (QED) is 0.0600. The Morgan fingerprint density at radius 3 is 2.10 bits per heavy atom. The summed E-state index contributed by atoms with van der Waals surface area (Å²) in [5.41, 5.74) is 4.00. The van der Waals surface area contributed by atoms with Crippen LogP contribution in [0.4, 0.5) is 11.4 Å². The maximum absolute atomic E-state index is 12.7. The van der Waals surface area contributed by atoms with Gasteiger partial charge < -0.3 is 15.4 Å². The topological polar surface area (TPSA) is 126 Å². The molecule has 0 aliphatic carbocycles. The SMILES string of the molecule is O=C(N/N=C/c1ccc(OC(=O)c2ccccc2I)cc1)C(=O)Nc1ccccc1C(=O)Nc1ccc(Cl)cc1. The van der Waals surface area contributed by atoms with Gasteiger partial charge in [-0.25, -0.2) is 10.2 Å². The summed E-state index contributed by atoms with van der Waals surface area (Å²) in [6.45, 7) is 0. The van der Waals surface area contributed by atoms with Crippen molar-refractivity contribution in [2.24, 2.45) is 5.10 Å². The Balaban J connectivity index is 1.31. The predicted octanol–water partition coefficient (Wildman–Crippen LogP) is 5.50. The lowest BCUT2D eigenvalue weighted by atomic mass is 10.1. The molecule has 0 aliphatic heterocycles. The van der Waals surface area contributed by atoms with E-state index in [0.29, 0.717) is 27.6 Å². The molecule has 4 rings (SSSR count). The highest BCUT2D eigenvalue weighted by Gasteiger charge is 2.18. The van der Waals surface area contributed by atoms with Crippen molar-refractivity contribution in [3.05, 3.63) is 122 Å². The molecule has 0 spiro atoms. The van der Waals surface area contributed by atoms with Crippen LogP contribution in [-0.4, -0.2) is 29.9 Å². The number of hydrogen-bond donors (Lipinski definition) is 3. The number of hydrazone groups is 1. The molecular formula is C29H20ClIN4O5. The Morgan fingerprint density at radius 2 is 1.40 bits per heavy atom. The Bertz CT molecular complexity index is 1590. The molecule has 3 N–H and O–H groups in total. The van der Waals surface area contributed by atoms with E-state index in [2.05, 4.69) is 43.8 Å². The molecule has 0 saturated carbocycles. The Labute approximate surface area is 247 Å². The molecule has 0 radical (unpaired) electrons. The van der Waals surface area contributed by atoms with Gasteiger partial charge in [0.2, 0.25) is 0 Å². The number of para-hydroxylation sites is 1. The minimum atomic E-state index is -1.04. The normalized spacial score (nSPS) is 10.6. The number of benzene rings is 4. The third kappa shape index (κ3) is 7.74. The number of nitrogens with zero attached hydrogens (tertiary/aromatic N) is 1. The van der Waals surface area contributed by atoms with Crippen LogP contribution in [0.15, 0.2) is 102 Å². The highest BCUT2D eigenvalue weighted by molar-refractivity contribution is 14.1. The molecule has 4 aromatic rings. The maximum Gasteiger partial charge on any atom is 0.344 e. The van der Waals surface area contributed by atoms with Crippen LogP contribution in [0.5, 0.6) is 5.75 Å². The summed E-state index contributed by atoms with van der Waals surface area (Å²) in [4.78, 5) is 49.8. The lowest BCUT2D eigenvalue weighted by Gasteiger charge is -2.11. The van der Waals surface area contributed by atoms with Crippen LogP contribution < -0.4 is 20.8 Å². The summed E-state index contributed by atoms with van der Waals surface area (Å²) in [5.74, 6) is -2.67. The van der Waals surface area contributed by atoms with Gasteiger partial charge >= 0.3 is 17.8 Å². The molecule has 3 amide bonds. The minimum absolute atomic E-state index is 0.147. The summed E-state index contributed by atoms with van der Waals surface area (Å²) in [5, 5.41) is 9.44. The van der Waals surface area contributed by atoms with E-state index in [-0.39, 0.29) is 11.3 Å². The second-order valence-electron chi connectivity index (χ2n) is 8.10. The zero-order valence-corrected chi connectivity index (χ0v) is 23.5. The average Bonchev–Trinajstić information content (AvgIpc) is 2.95. The lowest BCUT2D eigenvalue weighted by molar-refractivity contribution is -0.136. The highest BCUT2D eigenvalue weighted by atomic mass is 127. The number of halogens is 2. The molecule has 11 heteroatoms. The van der Waals surface area contributed by atoms with Crippen LogP contribution in [-0.2, 0) is 9.59 Å². The van der Waals surface area contributed by atoms with Crippen molar-refractivity contribution in [3.63, 3.8) is 0 Å². The molecule has 0 heterocycles. The van der Waals surface area contributed by atoms with Gasteiger partial charge in [0.25, 0.3) is 5.91 Å². The summed E-state index contributed by atoms with van der Waals surface area (Å²) in [6.07, 6.45) is 1.32. The first-order valence-electron chi connectivity index (χ1n) is 11.7. The fraction of sp³-hybridized carbons (Fsp3) is 0. The highest BCUT2D eigenvalue weighted by Crippen LogP contribution is 2.19. The first-order chi connectivity index (χ1) is 19.3. The average molecular weight is 667 g/mol. The van der Waals surface area contributed by atoms with Crippen molar-refractivity contribution >= 4 is 75.5 Å². The number of anilines is 2. The first-order valence-corrected chi connectivity index (χ1v) is 13.1. The van der Waals surface area contributed by atoms with Crippen LogP contribution in [0.2, 0.25) is 5.02 Å². The molecule has 200 valence electrons. The second-order valence-corrected chi connectivity index (χ2v) is 9.70. The molecule has 4 aromatic carbocycles. The molecule has 0 fully saturated rings. The number of rotatable bonds is 7. The molecule has 0 atom stereocenters. The molecule has 0 aromatic heterocycles. The van der Waals surface area contributed by atoms with Gasteiger partial charge in [-0.1, -0.05) is 35.9 Å². The van der Waals surface area contributed by atoms with Crippen molar-refractivity contribution in [1.82, 2.24) is 5.43 Å². The van der Waals surface area contributed by atoms with Gasteiger partial charge in [0.05, 0.1) is 23.0 Å². The standard InChI is InChI=1S/C29H20ClIN4O5/c30-19-11-13-20(14-12-19)33-26(36)23-6-2-4-8-25(23)34-27(37)28(38)35-32-17-18-9-15-21(16-10-18)40-29(39)22-5-1-3-7-24(22)31/h1-17H,(H,33,36)(H,34,37)(H,35,38)/b32-17+. The largest absolute Gasteiger partial charge is 0.423 e. The fourth-order valence-corrected chi connectivity index (χ4v) is 4.06. The van der Waals surface area contributed by atoms with Gasteiger partial charge in [0, 0.05) is 14.3 Å². The van der Waals surface area contributed by atoms with Crippen LogP contribution in [0.25, 0.3) is 0 Å². The van der Waals surface area contributed by atoms with Gasteiger partial charge in [-0.05, 0) is 101 Å². The number of ether oxygens (including phenoxy) is 1. The van der Waals surface area contributed by atoms with E-state index in [1.54, 1.807) is 72.8 Å². The maximum atomic E-state index is 12.7. The second kappa shape index (κ2) is 13.5. The fourth-order valence-electron chi connectivity index (χ4n) is 3.33. The Morgan fingerprint density at radius 1 is 0.750 bits per heavy atom.